The molecule has 3 rings (SSSR count). The van der Waals surface area contributed by atoms with Crippen LogP contribution in [0.2, 0.25) is 0 Å². The lowest BCUT2D eigenvalue weighted by atomic mass is 9.85. The molecule has 0 amide bonds. The minimum atomic E-state index is -0.923. The van der Waals surface area contributed by atoms with Crippen LogP contribution in [0.5, 0.6) is 5.75 Å². The summed E-state index contributed by atoms with van der Waals surface area (Å²) in [7, 11) is 1.57. The molecule has 0 fully saturated rings. The van der Waals surface area contributed by atoms with Gasteiger partial charge in [-0.2, -0.15) is 0 Å². The van der Waals surface area contributed by atoms with Crippen molar-refractivity contribution in [1.82, 2.24) is 0 Å². The van der Waals surface area contributed by atoms with E-state index in [9.17, 15) is 13.6 Å². The summed E-state index contributed by atoms with van der Waals surface area (Å²) in [5.74, 6) is -1.59. The number of Topliss-reactive ketones (excluding diaryl/α,β-unsaturated/α-hetero) is 1. The predicted octanol–water partition coefficient (Wildman–Crippen LogP) is 5.38. The molecular weight excluding hydrogens is 334 g/mol. The second kappa shape index (κ2) is 7.91. The fourth-order valence-electron chi connectivity index (χ4n) is 2.92. The summed E-state index contributed by atoms with van der Waals surface area (Å²) in [5, 5.41) is 0. The van der Waals surface area contributed by atoms with E-state index in [1.54, 1.807) is 43.5 Å². The Morgan fingerprint density at radius 1 is 0.885 bits per heavy atom. The van der Waals surface area contributed by atoms with Crippen molar-refractivity contribution >= 4 is 5.78 Å². The van der Waals surface area contributed by atoms with Gasteiger partial charge < -0.3 is 4.74 Å². The molecule has 0 spiro atoms. The number of hydrogen-bond donors (Lipinski definition) is 0. The van der Waals surface area contributed by atoms with Crippen molar-refractivity contribution < 1.29 is 18.3 Å². The first-order valence-electron chi connectivity index (χ1n) is 8.25. The van der Waals surface area contributed by atoms with Crippen LogP contribution in [0.1, 0.15) is 33.8 Å². The number of benzene rings is 3. The standard InChI is InChI=1S/C22H18F2O2/c1-26-18-10-7-15(8-11-18)19(17-9-12-20(23)21(24)13-17)14-22(25)16-5-3-2-4-6-16/h2-13,19H,14H2,1H3. The quantitative estimate of drug-likeness (QED) is 0.557. The number of ketones is 1. The van der Waals surface area contributed by atoms with Crippen LogP contribution in [0.3, 0.4) is 0 Å². The molecule has 26 heavy (non-hydrogen) atoms. The third-order valence-electron chi connectivity index (χ3n) is 4.35. The minimum absolute atomic E-state index is 0.0591. The van der Waals surface area contributed by atoms with Gasteiger partial charge in [0, 0.05) is 17.9 Å². The molecule has 3 aromatic carbocycles. The second-order valence-electron chi connectivity index (χ2n) is 5.99. The molecule has 0 saturated carbocycles. The van der Waals surface area contributed by atoms with Crippen LogP contribution in [0.15, 0.2) is 72.8 Å². The van der Waals surface area contributed by atoms with Crippen molar-refractivity contribution in [3.05, 3.63) is 101 Å². The van der Waals surface area contributed by atoms with Crippen LogP contribution in [-0.4, -0.2) is 12.9 Å². The third-order valence-corrected chi connectivity index (χ3v) is 4.35. The van der Waals surface area contributed by atoms with Crippen molar-refractivity contribution in [2.24, 2.45) is 0 Å². The Morgan fingerprint density at radius 2 is 1.54 bits per heavy atom. The number of carbonyl (C=O) groups is 1. The maximum atomic E-state index is 13.8. The van der Waals surface area contributed by atoms with Crippen LogP contribution in [0, 0.1) is 11.6 Å². The molecule has 1 unspecified atom stereocenters. The van der Waals surface area contributed by atoms with Crippen molar-refractivity contribution in [2.45, 2.75) is 12.3 Å². The summed E-state index contributed by atoms with van der Waals surface area (Å²) in [6.07, 6.45) is 0.154. The monoisotopic (exact) mass is 352 g/mol. The van der Waals surface area contributed by atoms with Gasteiger partial charge in [-0.25, -0.2) is 8.78 Å². The number of halogens is 2. The van der Waals surface area contributed by atoms with Gasteiger partial charge in [0.2, 0.25) is 0 Å². The van der Waals surface area contributed by atoms with Crippen molar-refractivity contribution in [1.29, 1.82) is 0 Å². The third kappa shape index (κ3) is 3.97. The molecule has 0 radical (unpaired) electrons. The van der Waals surface area contributed by atoms with Gasteiger partial charge in [-0.1, -0.05) is 48.5 Å². The minimum Gasteiger partial charge on any atom is -0.497 e. The van der Waals surface area contributed by atoms with Crippen LogP contribution in [0.25, 0.3) is 0 Å². The van der Waals surface area contributed by atoms with Gasteiger partial charge in [0.1, 0.15) is 5.75 Å². The fourth-order valence-corrected chi connectivity index (χ4v) is 2.92. The number of carbonyl (C=O) groups excluding carboxylic acids is 1. The highest BCUT2D eigenvalue weighted by Gasteiger charge is 2.20. The predicted molar refractivity (Wildman–Crippen MR) is 96.6 cm³/mol. The van der Waals surface area contributed by atoms with E-state index in [1.807, 2.05) is 18.2 Å². The largest absolute Gasteiger partial charge is 0.497 e. The molecule has 0 aliphatic carbocycles. The van der Waals surface area contributed by atoms with Gasteiger partial charge in [-0.15, -0.1) is 0 Å². The summed E-state index contributed by atoms with van der Waals surface area (Å²) in [4.78, 5) is 12.7. The molecule has 0 aliphatic heterocycles. The molecule has 0 saturated heterocycles. The zero-order valence-electron chi connectivity index (χ0n) is 14.3. The van der Waals surface area contributed by atoms with E-state index in [0.717, 1.165) is 17.7 Å². The number of methoxy groups -OCH3 is 1. The first kappa shape index (κ1) is 17.8. The Bertz CT molecular complexity index is 890. The first-order valence-corrected chi connectivity index (χ1v) is 8.25. The van der Waals surface area contributed by atoms with E-state index in [0.29, 0.717) is 16.9 Å². The lowest BCUT2D eigenvalue weighted by molar-refractivity contribution is 0.0977. The highest BCUT2D eigenvalue weighted by molar-refractivity contribution is 5.96. The molecule has 2 nitrogen and oxygen atoms in total. The normalized spacial score (nSPS) is 11.8. The smallest absolute Gasteiger partial charge is 0.163 e. The average molecular weight is 352 g/mol. The average Bonchev–Trinajstić information content (AvgIpc) is 2.69. The number of rotatable bonds is 6. The Hall–Kier alpha value is -3.01. The molecular formula is C22H18F2O2. The second-order valence-corrected chi connectivity index (χ2v) is 5.99. The van der Waals surface area contributed by atoms with Crippen LogP contribution < -0.4 is 4.74 Å². The summed E-state index contributed by atoms with van der Waals surface area (Å²) in [6.45, 7) is 0. The van der Waals surface area contributed by atoms with Crippen molar-refractivity contribution in [2.75, 3.05) is 7.11 Å². The van der Waals surface area contributed by atoms with Crippen LogP contribution in [-0.2, 0) is 0 Å². The summed E-state index contributed by atoms with van der Waals surface area (Å²) in [5.41, 5.74) is 1.98. The highest BCUT2D eigenvalue weighted by Crippen LogP contribution is 2.31. The van der Waals surface area contributed by atoms with E-state index in [2.05, 4.69) is 0 Å². The van der Waals surface area contributed by atoms with Gasteiger partial charge in [0.25, 0.3) is 0 Å². The maximum Gasteiger partial charge on any atom is 0.163 e. The molecule has 0 N–H and O–H groups in total. The molecule has 0 bridgehead atoms. The Kier molecular flexibility index (Phi) is 5.42. The summed E-state index contributed by atoms with van der Waals surface area (Å²) >= 11 is 0. The molecule has 132 valence electrons. The Balaban J connectivity index is 1.97. The molecule has 3 aromatic rings. The van der Waals surface area contributed by atoms with Gasteiger partial charge >= 0.3 is 0 Å². The maximum absolute atomic E-state index is 13.8. The van der Waals surface area contributed by atoms with E-state index in [4.69, 9.17) is 4.74 Å². The van der Waals surface area contributed by atoms with E-state index in [1.165, 1.54) is 6.07 Å². The fraction of sp³-hybridized carbons (Fsp3) is 0.136. The van der Waals surface area contributed by atoms with Crippen LogP contribution in [0.4, 0.5) is 8.78 Å². The zero-order chi connectivity index (χ0) is 18.5. The molecule has 1 atom stereocenters. The summed E-state index contributed by atoms with van der Waals surface area (Å²) < 4.78 is 32.3. The lowest BCUT2D eigenvalue weighted by Gasteiger charge is -2.18. The van der Waals surface area contributed by atoms with Gasteiger partial charge in [0.05, 0.1) is 7.11 Å². The number of hydrogen-bond acceptors (Lipinski definition) is 2. The highest BCUT2D eigenvalue weighted by atomic mass is 19.2. The molecule has 0 aromatic heterocycles. The van der Waals surface area contributed by atoms with E-state index >= 15 is 0 Å². The Labute approximate surface area is 151 Å². The molecule has 0 heterocycles. The van der Waals surface area contributed by atoms with Crippen molar-refractivity contribution in [3.63, 3.8) is 0 Å². The zero-order valence-corrected chi connectivity index (χ0v) is 14.3. The van der Waals surface area contributed by atoms with E-state index in [-0.39, 0.29) is 18.1 Å². The van der Waals surface area contributed by atoms with Crippen LogP contribution >= 0.6 is 0 Å². The van der Waals surface area contributed by atoms with Gasteiger partial charge in [-0.05, 0) is 35.4 Å². The molecule has 0 aliphatic rings. The first-order chi connectivity index (χ1) is 12.6. The summed E-state index contributed by atoms with van der Waals surface area (Å²) in [6, 6.07) is 19.9. The lowest BCUT2D eigenvalue weighted by Crippen LogP contribution is -2.10. The SMILES string of the molecule is COc1ccc(C(CC(=O)c2ccccc2)c2ccc(F)c(F)c2)cc1. The topological polar surface area (TPSA) is 26.3 Å². The number of ether oxygens (including phenoxy) is 1. The molecule has 4 heteroatoms. The van der Waals surface area contributed by atoms with E-state index < -0.39 is 11.6 Å². The van der Waals surface area contributed by atoms with Gasteiger partial charge in [0.15, 0.2) is 17.4 Å². The van der Waals surface area contributed by atoms with Crippen molar-refractivity contribution in [3.8, 4) is 5.75 Å². The van der Waals surface area contributed by atoms with Gasteiger partial charge in [-0.3, -0.25) is 4.79 Å². The Morgan fingerprint density at radius 3 is 2.15 bits per heavy atom.